The van der Waals surface area contributed by atoms with Crippen molar-refractivity contribution >= 4 is 56.4 Å². The summed E-state index contributed by atoms with van der Waals surface area (Å²) in [5.74, 6) is -0.946. The Morgan fingerprint density at radius 1 is 1.03 bits per heavy atom. The van der Waals surface area contributed by atoms with E-state index in [1.54, 1.807) is 0 Å². The third kappa shape index (κ3) is 5.39. The van der Waals surface area contributed by atoms with Crippen LogP contribution in [0.2, 0.25) is 15.1 Å². The Balaban J connectivity index is 1.58. The molecule has 2 aromatic rings. The molecule has 0 spiro atoms. The van der Waals surface area contributed by atoms with Gasteiger partial charge in [-0.25, -0.2) is 12.8 Å². The van der Waals surface area contributed by atoms with E-state index in [0.29, 0.717) is 18.1 Å². The van der Waals surface area contributed by atoms with Gasteiger partial charge in [0.25, 0.3) is 0 Å². The summed E-state index contributed by atoms with van der Waals surface area (Å²) >= 11 is 18.0. The summed E-state index contributed by atoms with van der Waals surface area (Å²) in [5, 5.41) is 3.45. The van der Waals surface area contributed by atoms with E-state index in [1.807, 2.05) is 4.90 Å². The molecular formula is C18H17Cl3FN3O3S. The Kier molecular flexibility index (Phi) is 7.03. The Morgan fingerprint density at radius 3 is 2.24 bits per heavy atom. The number of anilines is 1. The van der Waals surface area contributed by atoms with Gasteiger partial charge in [0, 0.05) is 31.2 Å². The van der Waals surface area contributed by atoms with Crippen LogP contribution in [-0.4, -0.2) is 56.3 Å². The average molecular weight is 481 g/mol. The molecule has 2 aromatic carbocycles. The summed E-state index contributed by atoms with van der Waals surface area (Å²) in [5.41, 5.74) is 0.273. The number of piperazine rings is 1. The fourth-order valence-corrected chi connectivity index (χ4v) is 5.31. The highest BCUT2D eigenvalue weighted by Gasteiger charge is 2.29. The fourth-order valence-electron chi connectivity index (χ4n) is 2.95. The van der Waals surface area contributed by atoms with Gasteiger partial charge in [-0.2, -0.15) is 4.31 Å². The maximum absolute atomic E-state index is 13.4. The van der Waals surface area contributed by atoms with Gasteiger partial charge in [0.2, 0.25) is 15.9 Å². The molecule has 1 amide bonds. The molecule has 0 unspecified atom stereocenters. The molecule has 0 aliphatic carbocycles. The Bertz CT molecular complexity index is 1010. The quantitative estimate of drug-likeness (QED) is 0.708. The van der Waals surface area contributed by atoms with Crippen LogP contribution in [0.1, 0.15) is 0 Å². The van der Waals surface area contributed by atoms with Gasteiger partial charge in [0.15, 0.2) is 0 Å². The van der Waals surface area contributed by atoms with Crippen molar-refractivity contribution in [3.63, 3.8) is 0 Å². The predicted octanol–water partition coefficient (Wildman–Crippen LogP) is 3.73. The normalized spacial score (nSPS) is 16.0. The van der Waals surface area contributed by atoms with Crippen molar-refractivity contribution in [2.75, 3.05) is 38.0 Å². The molecule has 0 radical (unpaired) electrons. The third-order valence-electron chi connectivity index (χ3n) is 4.40. The van der Waals surface area contributed by atoms with Crippen molar-refractivity contribution in [1.82, 2.24) is 9.21 Å². The molecule has 1 aliphatic rings. The molecule has 1 heterocycles. The topological polar surface area (TPSA) is 69.7 Å². The minimum Gasteiger partial charge on any atom is -0.322 e. The molecule has 29 heavy (non-hydrogen) atoms. The molecule has 0 bridgehead atoms. The molecule has 1 N–H and O–H groups in total. The summed E-state index contributed by atoms with van der Waals surface area (Å²) in [6, 6.07) is 7.85. The van der Waals surface area contributed by atoms with E-state index in [2.05, 4.69) is 5.32 Å². The lowest BCUT2D eigenvalue weighted by Crippen LogP contribution is -2.50. The number of hydrogen-bond donors (Lipinski definition) is 1. The number of nitrogens with one attached hydrogen (secondary N) is 1. The van der Waals surface area contributed by atoms with Crippen LogP contribution in [0, 0.1) is 5.82 Å². The Morgan fingerprint density at radius 2 is 1.66 bits per heavy atom. The molecule has 156 valence electrons. The highest BCUT2D eigenvalue weighted by molar-refractivity contribution is 7.89. The second-order valence-electron chi connectivity index (χ2n) is 6.43. The lowest BCUT2D eigenvalue weighted by Gasteiger charge is -2.33. The molecule has 1 fully saturated rings. The lowest BCUT2D eigenvalue weighted by molar-refractivity contribution is -0.117. The van der Waals surface area contributed by atoms with Gasteiger partial charge in [-0.05, 0) is 30.3 Å². The smallest absolute Gasteiger partial charge is 0.243 e. The van der Waals surface area contributed by atoms with Crippen LogP contribution in [0.3, 0.4) is 0 Å². The highest BCUT2D eigenvalue weighted by Crippen LogP contribution is 2.33. The van der Waals surface area contributed by atoms with E-state index in [4.69, 9.17) is 34.8 Å². The van der Waals surface area contributed by atoms with Crippen molar-refractivity contribution in [2.24, 2.45) is 0 Å². The zero-order chi connectivity index (χ0) is 21.2. The van der Waals surface area contributed by atoms with E-state index >= 15 is 0 Å². The molecule has 0 aromatic heterocycles. The lowest BCUT2D eigenvalue weighted by atomic mass is 10.3. The number of sulfonamides is 1. The monoisotopic (exact) mass is 479 g/mol. The molecule has 1 aliphatic heterocycles. The number of amides is 1. The maximum Gasteiger partial charge on any atom is 0.243 e. The van der Waals surface area contributed by atoms with E-state index in [9.17, 15) is 17.6 Å². The fraction of sp³-hybridized carbons (Fsp3) is 0.278. The maximum atomic E-state index is 13.4. The van der Waals surface area contributed by atoms with Crippen molar-refractivity contribution in [3.8, 4) is 0 Å². The molecule has 11 heteroatoms. The minimum atomic E-state index is -3.78. The van der Waals surface area contributed by atoms with Crippen LogP contribution < -0.4 is 5.32 Å². The number of hydrogen-bond acceptors (Lipinski definition) is 4. The third-order valence-corrected chi connectivity index (χ3v) is 7.11. The molecular weight excluding hydrogens is 464 g/mol. The van der Waals surface area contributed by atoms with Crippen LogP contribution in [0.25, 0.3) is 0 Å². The van der Waals surface area contributed by atoms with Gasteiger partial charge in [-0.15, -0.1) is 0 Å². The zero-order valence-electron chi connectivity index (χ0n) is 15.0. The van der Waals surface area contributed by atoms with Gasteiger partial charge < -0.3 is 5.32 Å². The zero-order valence-corrected chi connectivity index (χ0v) is 18.1. The van der Waals surface area contributed by atoms with Crippen LogP contribution in [0.4, 0.5) is 10.1 Å². The summed E-state index contributed by atoms with van der Waals surface area (Å²) in [7, 11) is -3.78. The first-order valence-corrected chi connectivity index (χ1v) is 11.2. The second-order valence-corrected chi connectivity index (χ2v) is 9.62. The van der Waals surface area contributed by atoms with Crippen LogP contribution >= 0.6 is 34.8 Å². The number of halogens is 4. The second kappa shape index (κ2) is 9.16. The SMILES string of the molecule is O=C(CN1CCN(S(=O)(=O)c2cccc(F)c2)CC1)Nc1c(Cl)cc(Cl)cc1Cl. The molecule has 0 atom stereocenters. The van der Waals surface area contributed by atoms with Crippen molar-refractivity contribution < 1.29 is 17.6 Å². The van der Waals surface area contributed by atoms with Gasteiger partial charge in [0.05, 0.1) is 27.2 Å². The molecule has 3 rings (SSSR count). The van der Waals surface area contributed by atoms with Crippen molar-refractivity contribution in [1.29, 1.82) is 0 Å². The standard InChI is InChI=1S/C18H17Cl3FN3O3S/c19-12-8-15(20)18(16(21)9-12)23-17(26)11-24-4-6-25(7-5-24)29(27,28)14-3-1-2-13(22)10-14/h1-3,8-10H,4-7,11H2,(H,23,26). The minimum absolute atomic E-state index is 0.0448. The number of carbonyl (C=O) groups excluding carboxylic acids is 1. The Hall–Kier alpha value is -1.42. The van der Waals surface area contributed by atoms with E-state index in [1.165, 1.54) is 34.6 Å². The highest BCUT2D eigenvalue weighted by atomic mass is 35.5. The van der Waals surface area contributed by atoms with E-state index < -0.39 is 15.8 Å². The molecule has 0 saturated carbocycles. The number of rotatable bonds is 5. The molecule has 6 nitrogen and oxygen atoms in total. The number of nitrogens with zero attached hydrogens (tertiary/aromatic N) is 2. The van der Waals surface area contributed by atoms with Gasteiger partial charge in [0.1, 0.15) is 5.82 Å². The van der Waals surface area contributed by atoms with E-state index in [-0.39, 0.29) is 46.2 Å². The van der Waals surface area contributed by atoms with Crippen LogP contribution in [-0.2, 0) is 14.8 Å². The van der Waals surface area contributed by atoms with Crippen LogP contribution in [0.15, 0.2) is 41.3 Å². The predicted molar refractivity (Wildman–Crippen MR) is 112 cm³/mol. The average Bonchev–Trinajstić information content (AvgIpc) is 2.65. The Labute approximate surface area is 183 Å². The first-order chi connectivity index (χ1) is 13.7. The van der Waals surface area contributed by atoms with Crippen molar-refractivity contribution in [3.05, 3.63) is 57.3 Å². The van der Waals surface area contributed by atoms with Gasteiger partial charge in [-0.1, -0.05) is 40.9 Å². The number of benzene rings is 2. The van der Waals surface area contributed by atoms with Crippen molar-refractivity contribution in [2.45, 2.75) is 4.90 Å². The van der Waals surface area contributed by atoms with Gasteiger partial charge in [-0.3, -0.25) is 9.69 Å². The summed E-state index contributed by atoms with van der Waals surface area (Å²) in [6.07, 6.45) is 0. The van der Waals surface area contributed by atoms with E-state index in [0.717, 1.165) is 6.07 Å². The first kappa shape index (κ1) is 22.3. The van der Waals surface area contributed by atoms with Gasteiger partial charge >= 0.3 is 0 Å². The van der Waals surface area contributed by atoms with Crippen LogP contribution in [0.5, 0.6) is 0 Å². The summed E-state index contributed by atoms with van der Waals surface area (Å²) in [6.45, 7) is 1.13. The summed E-state index contributed by atoms with van der Waals surface area (Å²) < 4.78 is 39.9. The number of carbonyl (C=O) groups is 1. The largest absolute Gasteiger partial charge is 0.322 e. The first-order valence-electron chi connectivity index (χ1n) is 8.59. The molecule has 1 saturated heterocycles. The summed E-state index contributed by atoms with van der Waals surface area (Å²) in [4.78, 5) is 14.1.